The van der Waals surface area contributed by atoms with Gasteiger partial charge in [-0.3, -0.25) is 9.59 Å². The van der Waals surface area contributed by atoms with Crippen LogP contribution in [0.15, 0.2) is 24.3 Å². The second-order valence-corrected chi connectivity index (χ2v) is 5.62. The quantitative estimate of drug-likeness (QED) is 0.688. The number of rotatable bonds is 6. The number of anilines is 1. The monoisotopic (exact) mass is 276 g/mol. The van der Waals surface area contributed by atoms with Gasteiger partial charge in [0.25, 0.3) is 0 Å². The van der Waals surface area contributed by atoms with Gasteiger partial charge >= 0.3 is 5.97 Å². The molecule has 1 aromatic carbocycles. The molecule has 0 atom stereocenters. The van der Waals surface area contributed by atoms with E-state index >= 15 is 0 Å². The maximum Gasteiger partial charge on any atom is 0.303 e. The van der Waals surface area contributed by atoms with Gasteiger partial charge in [-0.1, -0.05) is 18.6 Å². The van der Waals surface area contributed by atoms with Crippen LogP contribution in [-0.4, -0.2) is 23.5 Å². The minimum Gasteiger partial charge on any atom is -0.481 e. The maximum atomic E-state index is 11.9. The highest BCUT2D eigenvalue weighted by atomic mass is 16.4. The summed E-state index contributed by atoms with van der Waals surface area (Å²) in [6.45, 7) is 0.445. The third kappa shape index (κ3) is 3.73. The summed E-state index contributed by atoms with van der Waals surface area (Å²) in [5.74, 6) is -0.887. The molecule has 5 heteroatoms. The molecule has 1 amide bonds. The van der Waals surface area contributed by atoms with Crippen LogP contribution in [-0.2, 0) is 16.0 Å². The summed E-state index contributed by atoms with van der Waals surface area (Å²) in [5.41, 5.74) is 6.93. The molecule has 1 aromatic rings. The Balaban J connectivity index is 1.84. The largest absolute Gasteiger partial charge is 0.481 e. The first-order chi connectivity index (χ1) is 9.49. The van der Waals surface area contributed by atoms with E-state index in [-0.39, 0.29) is 24.2 Å². The van der Waals surface area contributed by atoms with Crippen molar-refractivity contribution in [1.82, 2.24) is 5.32 Å². The molecule has 5 nitrogen and oxygen atoms in total. The molecule has 0 saturated heterocycles. The summed E-state index contributed by atoms with van der Waals surface area (Å²) in [5, 5.41) is 11.8. The van der Waals surface area contributed by atoms with Crippen molar-refractivity contribution >= 4 is 17.6 Å². The summed E-state index contributed by atoms with van der Waals surface area (Å²) in [4.78, 5) is 22.8. The summed E-state index contributed by atoms with van der Waals surface area (Å²) in [7, 11) is 0. The number of nitrogens with one attached hydrogen (secondary N) is 1. The highest BCUT2D eigenvalue weighted by Gasteiger charge is 2.39. The van der Waals surface area contributed by atoms with Crippen molar-refractivity contribution in [2.75, 3.05) is 12.3 Å². The molecule has 4 N–H and O–H groups in total. The minimum atomic E-state index is -0.796. The van der Waals surface area contributed by atoms with Crippen molar-refractivity contribution in [2.24, 2.45) is 5.41 Å². The number of carboxylic acids is 1. The average molecular weight is 276 g/mol. The lowest BCUT2D eigenvalue weighted by atomic mass is 9.66. The first-order valence-electron chi connectivity index (χ1n) is 6.82. The molecule has 1 aliphatic carbocycles. The van der Waals surface area contributed by atoms with E-state index in [2.05, 4.69) is 5.32 Å². The van der Waals surface area contributed by atoms with Gasteiger partial charge in [-0.15, -0.1) is 0 Å². The van der Waals surface area contributed by atoms with E-state index in [9.17, 15) is 9.59 Å². The van der Waals surface area contributed by atoms with Gasteiger partial charge in [0.2, 0.25) is 5.91 Å². The number of carbonyl (C=O) groups is 2. The number of hydrogen-bond acceptors (Lipinski definition) is 3. The first-order valence-corrected chi connectivity index (χ1v) is 6.82. The van der Waals surface area contributed by atoms with Gasteiger partial charge in [-0.05, 0) is 36.0 Å². The lowest BCUT2D eigenvalue weighted by Crippen LogP contribution is -2.43. The van der Waals surface area contributed by atoms with Crippen LogP contribution in [0.4, 0.5) is 5.69 Å². The Morgan fingerprint density at radius 1 is 1.35 bits per heavy atom. The second kappa shape index (κ2) is 5.94. The fourth-order valence-electron chi connectivity index (χ4n) is 2.65. The molecule has 1 aliphatic rings. The molecular weight excluding hydrogens is 256 g/mol. The van der Waals surface area contributed by atoms with Crippen LogP contribution in [0.25, 0.3) is 0 Å². The maximum absolute atomic E-state index is 11.9. The minimum absolute atomic E-state index is 0.0905. The van der Waals surface area contributed by atoms with Gasteiger partial charge < -0.3 is 16.2 Å². The van der Waals surface area contributed by atoms with Crippen molar-refractivity contribution in [1.29, 1.82) is 0 Å². The zero-order chi connectivity index (χ0) is 14.6. The summed E-state index contributed by atoms with van der Waals surface area (Å²) in [6.07, 6.45) is 3.19. The van der Waals surface area contributed by atoms with Crippen molar-refractivity contribution in [2.45, 2.75) is 32.1 Å². The molecule has 20 heavy (non-hydrogen) atoms. The smallest absolute Gasteiger partial charge is 0.303 e. The lowest BCUT2D eigenvalue weighted by Gasteiger charge is -2.40. The van der Waals surface area contributed by atoms with Crippen molar-refractivity contribution < 1.29 is 14.7 Å². The number of aliphatic carboxylic acids is 1. The van der Waals surface area contributed by atoms with Crippen LogP contribution < -0.4 is 11.1 Å². The Labute approximate surface area is 118 Å². The van der Waals surface area contributed by atoms with Crippen LogP contribution in [0.3, 0.4) is 0 Å². The second-order valence-electron chi connectivity index (χ2n) is 5.62. The molecule has 108 valence electrons. The number of carbonyl (C=O) groups excluding carboxylic acids is 1. The Hall–Kier alpha value is -2.04. The number of nitrogens with two attached hydrogens (primary N) is 1. The van der Waals surface area contributed by atoms with Crippen LogP contribution in [0.1, 0.15) is 31.2 Å². The molecular formula is C15H20N2O3. The predicted molar refractivity (Wildman–Crippen MR) is 76.1 cm³/mol. The van der Waals surface area contributed by atoms with E-state index in [1.807, 2.05) is 12.1 Å². The fraction of sp³-hybridized carbons (Fsp3) is 0.467. The molecule has 1 fully saturated rings. The van der Waals surface area contributed by atoms with Gasteiger partial charge in [0.1, 0.15) is 0 Å². The molecule has 0 unspecified atom stereocenters. The average Bonchev–Trinajstić information content (AvgIpc) is 2.32. The van der Waals surface area contributed by atoms with Gasteiger partial charge in [0, 0.05) is 12.2 Å². The molecule has 1 saturated carbocycles. The van der Waals surface area contributed by atoms with Crippen molar-refractivity contribution in [3.8, 4) is 0 Å². The molecule has 0 radical (unpaired) electrons. The van der Waals surface area contributed by atoms with Gasteiger partial charge in [-0.25, -0.2) is 0 Å². The first kappa shape index (κ1) is 14.4. The third-order valence-corrected chi connectivity index (χ3v) is 3.92. The van der Waals surface area contributed by atoms with Crippen LogP contribution in [0.2, 0.25) is 0 Å². The van der Waals surface area contributed by atoms with E-state index in [0.717, 1.165) is 24.8 Å². The number of benzene rings is 1. The predicted octanol–water partition coefficient (Wildman–Crippen LogP) is 1.57. The Morgan fingerprint density at radius 2 is 2.10 bits per heavy atom. The van der Waals surface area contributed by atoms with Crippen molar-refractivity contribution in [3.05, 3.63) is 29.8 Å². The molecule has 0 heterocycles. The highest BCUT2D eigenvalue weighted by Crippen LogP contribution is 2.43. The van der Waals surface area contributed by atoms with E-state index in [1.54, 1.807) is 12.1 Å². The molecule has 2 rings (SSSR count). The van der Waals surface area contributed by atoms with Gasteiger partial charge in [0.15, 0.2) is 0 Å². The van der Waals surface area contributed by atoms with E-state index in [1.165, 1.54) is 0 Å². The third-order valence-electron chi connectivity index (χ3n) is 3.92. The highest BCUT2D eigenvalue weighted by molar-refractivity contribution is 5.79. The van der Waals surface area contributed by atoms with E-state index in [4.69, 9.17) is 10.8 Å². The summed E-state index contributed by atoms with van der Waals surface area (Å²) >= 11 is 0. The normalized spacial score (nSPS) is 16.2. The van der Waals surface area contributed by atoms with Crippen LogP contribution in [0, 0.1) is 5.41 Å². The SMILES string of the molecule is Nc1cccc(CC(=O)NCC2(CC(=O)O)CCC2)c1. The Kier molecular flexibility index (Phi) is 4.27. The summed E-state index contributed by atoms with van der Waals surface area (Å²) in [6, 6.07) is 7.22. The van der Waals surface area contributed by atoms with Crippen molar-refractivity contribution in [3.63, 3.8) is 0 Å². The fourth-order valence-corrected chi connectivity index (χ4v) is 2.65. The van der Waals surface area contributed by atoms with Crippen LogP contribution >= 0.6 is 0 Å². The van der Waals surface area contributed by atoms with Gasteiger partial charge in [-0.2, -0.15) is 0 Å². The molecule has 0 bridgehead atoms. The molecule has 0 spiro atoms. The zero-order valence-electron chi connectivity index (χ0n) is 11.4. The number of carboxylic acid groups (broad SMARTS) is 1. The van der Waals surface area contributed by atoms with E-state index in [0.29, 0.717) is 12.2 Å². The topological polar surface area (TPSA) is 92.4 Å². The van der Waals surface area contributed by atoms with Crippen LogP contribution in [0.5, 0.6) is 0 Å². The summed E-state index contributed by atoms with van der Waals surface area (Å²) < 4.78 is 0. The zero-order valence-corrected chi connectivity index (χ0v) is 11.4. The van der Waals surface area contributed by atoms with E-state index < -0.39 is 5.97 Å². The molecule has 0 aromatic heterocycles. The lowest BCUT2D eigenvalue weighted by molar-refractivity contribution is -0.141. The number of hydrogen-bond donors (Lipinski definition) is 3. The standard InChI is InChI=1S/C15H20N2O3/c16-12-4-1-3-11(7-12)8-13(18)17-10-15(5-2-6-15)9-14(19)20/h1,3-4,7H,2,5-6,8-10,16H2,(H,17,18)(H,19,20). The Morgan fingerprint density at radius 3 is 2.65 bits per heavy atom. The molecule has 0 aliphatic heterocycles. The van der Waals surface area contributed by atoms with Gasteiger partial charge in [0.05, 0.1) is 12.8 Å². The number of amides is 1. The number of nitrogen functional groups attached to an aromatic ring is 1. The Bertz CT molecular complexity index is 510.